The Balaban J connectivity index is 2.51. The standard InChI is InChI=1S/C14H18OS/c1-9(2)12-13(15)10-7-5-6-8-11(10)16-14(12,3)4/h5-9,12H,1-4H3. The van der Waals surface area contributed by atoms with Gasteiger partial charge in [-0.05, 0) is 25.8 Å². The van der Waals surface area contributed by atoms with Gasteiger partial charge in [-0.2, -0.15) is 0 Å². The van der Waals surface area contributed by atoms with Crippen molar-refractivity contribution in [2.75, 3.05) is 0 Å². The molecule has 0 bridgehead atoms. The lowest BCUT2D eigenvalue weighted by molar-refractivity contribution is 0.0848. The second kappa shape index (κ2) is 3.92. The zero-order valence-corrected chi connectivity index (χ0v) is 11.1. The van der Waals surface area contributed by atoms with Crippen molar-refractivity contribution in [2.45, 2.75) is 37.3 Å². The molecule has 16 heavy (non-hydrogen) atoms. The van der Waals surface area contributed by atoms with Gasteiger partial charge in [-0.15, -0.1) is 11.8 Å². The van der Waals surface area contributed by atoms with Gasteiger partial charge in [0.2, 0.25) is 0 Å². The molecular formula is C14H18OS. The van der Waals surface area contributed by atoms with E-state index in [9.17, 15) is 4.79 Å². The van der Waals surface area contributed by atoms with E-state index in [2.05, 4.69) is 33.8 Å². The summed E-state index contributed by atoms with van der Waals surface area (Å²) in [7, 11) is 0. The van der Waals surface area contributed by atoms with E-state index in [1.165, 1.54) is 0 Å². The third-order valence-electron chi connectivity index (χ3n) is 3.22. The van der Waals surface area contributed by atoms with Crippen LogP contribution in [0.3, 0.4) is 0 Å². The van der Waals surface area contributed by atoms with E-state index < -0.39 is 0 Å². The molecule has 0 aliphatic carbocycles. The first kappa shape index (κ1) is 11.7. The predicted molar refractivity (Wildman–Crippen MR) is 69.0 cm³/mol. The second-order valence-electron chi connectivity index (χ2n) is 5.29. The molecule has 0 spiro atoms. The number of thioether (sulfide) groups is 1. The van der Waals surface area contributed by atoms with Crippen molar-refractivity contribution in [3.8, 4) is 0 Å². The van der Waals surface area contributed by atoms with Gasteiger partial charge in [0, 0.05) is 21.1 Å². The molecule has 0 saturated carbocycles. The molecule has 0 N–H and O–H groups in total. The van der Waals surface area contributed by atoms with Crippen molar-refractivity contribution in [1.82, 2.24) is 0 Å². The summed E-state index contributed by atoms with van der Waals surface area (Å²) in [5.41, 5.74) is 0.908. The molecule has 1 unspecified atom stereocenters. The van der Waals surface area contributed by atoms with Crippen LogP contribution in [0.1, 0.15) is 38.1 Å². The van der Waals surface area contributed by atoms with Crippen LogP contribution >= 0.6 is 11.8 Å². The topological polar surface area (TPSA) is 17.1 Å². The summed E-state index contributed by atoms with van der Waals surface area (Å²) in [5.74, 6) is 0.824. The highest BCUT2D eigenvalue weighted by atomic mass is 32.2. The van der Waals surface area contributed by atoms with Crippen molar-refractivity contribution in [3.63, 3.8) is 0 Å². The Morgan fingerprint density at radius 2 is 1.88 bits per heavy atom. The van der Waals surface area contributed by atoms with Crippen LogP contribution < -0.4 is 0 Å². The minimum Gasteiger partial charge on any atom is -0.294 e. The van der Waals surface area contributed by atoms with Gasteiger partial charge >= 0.3 is 0 Å². The fourth-order valence-electron chi connectivity index (χ4n) is 2.69. The van der Waals surface area contributed by atoms with Gasteiger partial charge in [-0.1, -0.05) is 32.0 Å². The smallest absolute Gasteiger partial charge is 0.168 e. The van der Waals surface area contributed by atoms with Crippen molar-refractivity contribution in [1.29, 1.82) is 0 Å². The van der Waals surface area contributed by atoms with Crippen LogP contribution in [0, 0.1) is 11.8 Å². The zero-order valence-electron chi connectivity index (χ0n) is 10.3. The minimum absolute atomic E-state index is 0.000394. The number of carbonyl (C=O) groups excluding carboxylic acids is 1. The molecular weight excluding hydrogens is 216 g/mol. The number of hydrogen-bond donors (Lipinski definition) is 0. The van der Waals surface area contributed by atoms with E-state index in [0.717, 1.165) is 10.5 Å². The summed E-state index contributed by atoms with van der Waals surface area (Å²) in [4.78, 5) is 13.6. The van der Waals surface area contributed by atoms with Crippen LogP contribution in [0.25, 0.3) is 0 Å². The van der Waals surface area contributed by atoms with E-state index in [0.29, 0.717) is 11.7 Å². The van der Waals surface area contributed by atoms with Crippen molar-refractivity contribution >= 4 is 17.5 Å². The van der Waals surface area contributed by atoms with Gasteiger partial charge < -0.3 is 0 Å². The maximum atomic E-state index is 12.5. The first-order valence-corrected chi connectivity index (χ1v) is 6.57. The van der Waals surface area contributed by atoms with E-state index in [4.69, 9.17) is 0 Å². The number of rotatable bonds is 1. The molecule has 1 aliphatic heterocycles. The van der Waals surface area contributed by atoms with Crippen LogP contribution in [-0.4, -0.2) is 10.5 Å². The van der Waals surface area contributed by atoms with Crippen molar-refractivity contribution in [2.24, 2.45) is 11.8 Å². The Hall–Kier alpha value is -0.760. The summed E-state index contributed by atoms with van der Waals surface area (Å²) in [6, 6.07) is 7.96. The fourth-order valence-corrected chi connectivity index (χ4v) is 4.19. The highest BCUT2D eigenvalue weighted by molar-refractivity contribution is 8.00. The van der Waals surface area contributed by atoms with Crippen molar-refractivity contribution < 1.29 is 4.79 Å². The molecule has 0 amide bonds. The highest BCUT2D eigenvalue weighted by Crippen LogP contribution is 2.48. The van der Waals surface area contributed by atoms with E-state index in [1.54, 1.807) is 0 Å². The number of Topliss-reactive ketones (excluding diaryl/α,β-unsaturated/α-hetero) is 1. The average molecular weight is 234 g/mol. The summed E-state index contributed by atoms with van der Waals surface area (Å²) >= 11 is 1.83. The van der Waals surface area contributed by atoms with Gasteiger partial charge in [0.05, 0.1) is 0 Å². The molecule has 1 aliphatic rings. The Bertz CT molecular complexity index is 420. The molecule has 0 radical (unpaired) electrons. The number of ketones is 1. The fraction of sp³-hybridized carbons (Fsp3) is 0.500. The lowest BCUT2D eigenvalue weighted by Gasteiger charge is -2.39. The lowest BCUT2D eigenvalue weighted by atomic mass is 9.79. The van der Waals surface area contributed by atoms with Crippen LogP contribution in [0.5, 0.6) is 0 Å². The van der Waals surface area contributed by atoms with Gasteiger partial charge in [0.15, 0.2) is 5.78 Å². The number of benzene rings is 1. The third-order valence-corrected chi connectivity index (χ3v) is 4.58. The number of fused-ring (bicyclic) bond motifs is 1. The highest BCUT2D eigenvalue weighted by Gasteiger charge is 2.43. The Kier molecular flexibility index (Phi) is 2.87. The predicted octanol–water partition coefficient (Wildman–Crippen LogP) is 4.03. The van der Waals surface area contributed by atoms with Crippen LogP contribution in [0.2, 0.25) is 0 Å². The molecule has 1 aromatic rings. The number of carbonyl (C=O) groups is 1. The largest absolute Gasteiger partial charge is 0.294 e. The monoisotopic (exact) mass is 234 g/mol. The van der Waals surface area contributed by atoms with Gasteiger partial charge in [-0.25, -0.2) is 0 Å². The molecule has 1 aromatic carbocycles. The summed E-state index contributed by atoms with van der Waals surface area (Å²) in [6.07, 6.45) is 0. The molecule has 0 saturated heterocycles. The lowest BCUT2D eigenvalue weighted by Crippen LogP contribution is -2.41. The minimum atomic E-state index is -0.000394. The maximum Gasteiger partial charge on any atom is 0.168 e. The Morgan fingerprint density at radius 3 is 2.50 bits per heavy atom. The van der Waals surface area contributed by atoms with Gasteiger partial charge in [0.1, 0.15) is 0 Å². The zero-order chi connectivity index (χ0) is 11.9. The van der Waals surface area contributed by atoms with Crippen molar-refractivity contribution in [3.05, 3.63) is 29.8 Å². The second-order valence-corrected chi connectivity index (χ2v) is 6.98. The van der Waals surface area contributed by atoms with Gasteiger partial charge in [-0.3, -0.25) is 4.79 Å². The Morgan fingerprint density at radius 1 is 1.25 bits per heavy atom. The first-order chi connectivity index (χ1) is 7.43. The Labute approximate surface area is 102 Å². The molecule has 2 rings (SSSR count). The number of hydrogen-bond acceptors (Lipinski definition) is 2. The molecule has 1 nitrogen and oxygen atoms in total. The molecule has 1 heterocycles. The van der Waals surface area contributed by atoms with Crippen LogP contribution in [-0.2, 0) is 0 Å². The normalized spacial score (nSPS) is 23.3. The van der Waals surface area contributed by atoms with E-state index in [-0.39, 0.29) is 10.7 Å². The molecule has 1 atom stereocenters. The van der Waals surface area contributed by atoms with Crippen LogP contribution in [0.15, 0.2) is 29.2 Å². The third kappa shape index (κ3) is 1.80. The van der Waals surface area contributed by atoms with E-state index in [1.807, 2.05) is 30.0 Å². The van der Waals surface area contributed by atoms with E-state index >= 15 is 0 Å². The molecule has 2 heteroatoms. The summed E-state index contributed by atoms with van der Waals surface area (Å²) in [5, 5.41) is 0. The molecule has 86 valence electrons. The van der Waals surface area contributed by atoms with Gasteiger partial charge in [0.25, 0.3) is 0 Å². The maximum absolute atomic E-state index is 12.5. The molecule has 0 fully saturated rings. The summed E-state index contributed by atoms with van der Waals surface area (Å²) in [6.45, 7) is 8.63. The average Bonchev–Trinajstić information content (AvgIpc) is 2.15. The molecule has 0 aromatic heterocycles. The quantitative estimate of drug-likeness (QED) is 0.730. The SMILES string of the molecule is CC(C)C1C(=O)c2ccccc2SC1(C)C. The summed E-state index contributed by atoms with van der Waals surface area (Å²) < 4.78 is -0.000394. The first-order valence-electron chi connectivity index (χ1n) is 5.76. The van der Waals surface area contributed by atoms with Crippen LogP contribution in [0.4, 0.5) is 0 Å².